The number of methoxy groups -OCH3 is 1. The van der Waals surface area contributed by atoms with Crippen molar-refractivity contribution in [1.29, 1.82) is 0 Å². The molecule has 0 aliphatic heterocycles. The standard InChI is InChI=1S/C13H20O3/c1-3-4-5-6-12(13(15)16-2)10-7-8-11(14)9-10/h4-5,10,12H,3,6-9H2,1-2H3/b5-4+. The second kappa shape index (κ2) is 6.46. The van der Waals surface area contributed by atoms with E-state index in [1.54, 1.807) is 0 Å². The van der Waals surface area contributed by atoms with E-state index in [0.717, 1.165) is 12.8 Å². The van der Waals surface area contributed by atoms with E-state index in [1.165, 1.54) is 7.11 Å². The molecule has 3 nitrogen and oxygen atoms in total. The zero-order valence-corrected chi connectivity index (χ0v) is 10.1. The van der Waals surface area contributed by atoms with Gasteiger partial charge in [0.05, 0.1) is 13.0 Å². The topological polar surface area (TPSA) is 43.4 Å². The number of Topliss-reactive ketones (excluding diaryl/α,β-unsaturated/α-hetero) is 1. The molecule has 90 valence electrons. The van der Waals surface area contributed by atoms with Crippen molar-refractivity contribution in [2.24, 2.45) is 11.8 Å². The van der Waals surface area contributed by atoms with Crippen molar-refractivity contribution in [1.82, 2.24) is 0 Å². The first kappa shape index (κ1) is 12.9. The Bertz CT molecular complexity index is 281. The lowest BCUT2D eigenvalue weighted by Crippen LogP contribution is -2.23. The van der Waals surface area contributed by atoms with Crippen molar-refractivity contribution in [2.45, 2.75) is 39.0 Å². The van der Waals surface area contributed by atoms with Gasteiger partial charge in [-0.25, -0.2) is 0 Å². The number of hydrogen-bond donors (Lipinski definition) is 0. The van der Waals surface area contributed by atoms with Crippen LogP contribution in [-0.4, -0.2) is 18.9 Å². The van der Waals surface area contributed by atoms with Crippen LogP contribution < -0.4 is 0 Å². The molecule has 0 heterocycles. The van der Waals surface area contributed by atoms with E-state index in [9.17, 15) is 9.59 Å². The van der Waals surface area contributed by atoms with Crippen LogP contribution in [0.15, 0.2) is 12.2 Å². The molecule has 1 rings (SSSR count). The Kier molecular flexibility index (Phi) is 5.23. The van der Waals surface area contributed by atoms with Crippen molar-refractivity contribution >= 4 is 11.8 Å². The lowest BCUT2D eigenvalue weighted by Gasteiger charge is -2.18. The minimum Gasteiger partial charge on any atom is -0.469 e. The molecule has 0 bridgehead atoms. The summed E-state index contributed by atoms with van der Waals surface area (Å²) in [6, 6.07) is 0. The quantitative estimate of drug-likeness (QED) is 0.532. The summed E-state index contributed by atoms with van der Waals surface area (Å²) in [5.41, 5.74) is 0. The van der Waals surface area contributed by atoms with E-state index in [0.29, 0.717) is 19.3 Å². The summed E-state index contributed by atoms with van der Waals surface area (Å²) in [5.74, 6) is 0.138. The molecule has 2 atom stereocenters. The van der Waals surface area contributed by atoms with Crippen LogP contribution in [0.4, 0.5) is 0 Å². The van der Waals surface area contributed by atoms with Gasteiger partial charge in [-0.05, 0) is 25.2 Å². The molecule has 3 heteroatoms. The molecule has 0 amide bonds. The number of esters is 1. The van der Waals surface area contributed by atoms with E-state index in [1.807, 2.05) is 12.2 Å². The number of allylic oxidation sites excluding steroid dienone is 2. The molecule has 0 aromatic rings. The molecule has 1 aliphatic rings. The number of hydrogen-bond acceptors (Lipinski definition) is 3. The van der Waals surface area contributed by atoms with Gasteiger partial charge in [0.25, 0.3) is 0 Å². The highest BCUT2D eigenvalue weighted by Crippen LogP contribution is 2.32. The summed E-state index contributed by atoms with van der Waals surface area (Å²) < 4.78 is 4.81. The van der Waals surface area contributed by atoms with Crippen LogP contribution in [0, 0.1) is 11.8 Å². The summed E-state index contributed by atoms with van der Waals surface area (Å²) in [4.78, 5) is 22.9. The first-order chi connectivity index (χ1) is 7.69. The molecule has 1 fully saturated rings. The third-order valence-electron chi connectivity index (χ3n) is 3.15. The average molecular weight is 224 g/mol. The van der Waals surface area contributed by atoms with Gasteiger partial charge in [-0.3, -0.25) is 9.59 Å². The lowest BCUT2D eigenvalue weighted by atomic mass is 9.88. The van der Waals surface area contributed by atoms with Crippen LogP contribution in [0.3, 0.4) is 0 Å². The molecular weight excluding hydrogens is 204 g/mol. The number of carbonyl (C=O) groups excluding carboxylic acids is 2. The maximum atomic E-state index is 11.6. The van der Waals surface area contributed by atoms with Crippen LogP contribution in [-0.2, 0) is 14.3 Å². The highest BCUT2D eigenvalue weighted by atomic mass is 16.5. The minimum absolute atomic E-state index is 0.140. The van der Waals surface area contributed by atoms with E-state index >= 15 is 0 Å². The SMILES string of the molecule is CC/C=C/CC(C(=O)OC)C1CCC(=O)C1. The monoisotopic (exact) mass is 224 g/mol. The molecule has 2 unspecified atom stereocenters. The predicted molar refractivity (Wildman–Crippen MR) is 61.9 cm³/mol. The van der Waals surface area contributed by atoms with Gasteiger partial charge < -0.3 is 4.74 Å². The lowest BCUT2D eigenvalue weighted by molar-refractivity contribution is -0.147. The predicted octanol–water partition coefficient (Wildman–Crippen LogP) is 2.50. The number of ketones is 1. The van der Waals surface area contributed by atoms with Gasteiger partial charge in [-0.1, -0.05) is 19.1 Å². The molecule has 0 spiro atoms. The summed E-state index contributed by atoms with van der Waals surface area (Å²) >= 11 is 0. The smallest absolute Gasteiger partial charge is 0.309 e. The van der Waals surface area contributed by atoms with Crippen LogP contribution in [0.5, 0.6) is 0 Å². The Labute approximate surface area is 96.9 Å². The van der Waals surface area contributed by atoms with E-state index in [4.69, 9.17) is 4.74 Å². The van der Waals surface area contributed by atoms with Gasteiger partial charge in [0.15, 0.2) is 0 Å². The normalized spacial score (nSPS) is 22.6. The zero-order valence-electron chi connectivity index (χ0n) is 10.1. The van der Waals surface area contributed by atoms with Crippen LogP contribution in [0.1, 0.15) is 39.0 Å². The van der Waals surface area contributed by atoms with Gasteiger partial charge in [0.2, 0.25) is 0 Å². The van der Waals surface area contributed by atoms with Gasteiger partial charge >= 0.3 is 5.97 Å². The molecule has 16 heavy (non-hydrogen) atoms. The maximum Gasteiger partial charge on any atom is 0.309 e. The second-order valence-electron chi connectivity index (χ2n) is 4.29. The molecular formula is C13H20O3. The molecule has 0 N–H and O–H groups in total. The summed E-state index contributed by atoms with van der Waals surface area (Å²) in [5, 5.41) is 0. The van der Waals surface area contributed by atoms with Crippen molar-refractivity contribution in [3.63, 3.8) is 0 Å². The van der Waals surface area contributed by atoms with Crippen molar-refractivity contribution in [3.05, 3.63) is 12.2 Å². The molecule has 0 saturated heterocycles. The highest BCUT2D eigenvalue weighted by molar-refractivity contribution is 5.82. The Balaban J connectivity index is 2.59. The number of carbonyl (C=O) groups is 2. The first-order valence-electron chi connectivity index (χ1n) is 5.93. The Morgan fingerprint density at radius 1 is 1.56 bits per heavy atom. The maximum absolute atomic E-state index is 11.6. The fourth-order valence-electron chi connectivity index (χ4n) is 2.23. The molecule has 0 radical (unpaired) electrons. The zero-order chi connectivity index (χ0) is 12.0. The largest absolute Gasteiger partial charge is 0.469 e. The van der Waals surface area contributed by atoms with E-state index < -0.39 is 0 Å². The van der Waals surface area contributed by atoms with Crippen LogP contribution >= 0.6 is 0 Å². The fraction of sp³-hybridized carbons (Fsp3) is 0.692. The van der Waals surface area contributed by atoms with Crippen LogP contribution in [0.2, 0.25) is 0 Å². The summed E-state index contributed by atoms with van der Waals surface area (Å²) in [6.45, 7) is 2.06. The summed E-state index contributed by atoms with van der Waals surface area (Å²) in [7, 11) is 1.41. The minimum atomic E-state index is -0.180. The molecule has 0 aromatic heterocycles. The first-order valence-corrected chi connectivity index (χ1v) is 5.93. The third-order valence-corrected chi connectivity index (χ3v) is 3.15. The van der Waals surface area contributed by atoms with Crippen molar-refractivity contribution in [3.8, 4) is 0 Å². The summed E-state index contributed by atoms with van der Waals surface area (Å²) in [6.07, 6.45) is 7.72. The second-order valence-corrected chi connectivity index (χ2v) is 4.29. The van der Waals surface area contributed by atoms with Gasteiger partial charge in [-0.15, -0.1) is 0 Å². The molecule has 0 aromatic carbocycles. The average Bonchev–Trinajstić information content (AvgIpc) is 2.70. The van der Waals surface area contributed by atoms with Gasteiger partial charge in [0, 0.05) is 12.8 Å². The number of ether oxygens (including phenoxy) is 1. The fourth-order valence-corrected chi connectivity index (χ4v) is 2.23. The van der Waals surface area contributed by atoms with Gasteiger partial charge in [0.1, 0.15) is 5.78 Å². The third kappa shape index (κ3) is 3.47. The van der Waals surface area contributed by atoms with Gasteiger partial charge in [-0.2, -0.15) is 0 Å². The van der Waals surface area contributed by atoms with Crippen molar-refractivity contribution in [2.75, 3.05) is 7.11 Å². The molecule has 1 saturated carbocycles. The van der Waals surface area contributed by atoms with E-state index in [-0.39, 0.29) is 23.6 Å². The van der Waals surface area contributed by atoms with Crippen LogP contribution in [0.25, 0.3) is 0 Å². The Morgan fingerprint density at radius 2 is 2.31 bits per heavy atom. The van der Waals surface area contributed by atoms with Crippen molar-refractivity contribution < 1.29 is 14.3 Å². The highest BCUT2D eigenvalue weighted by Gasteiger charge is 2.33. The number of rotatable bonds is 5. The van der Waals surface area contributed by atoms with E-state index in [2.05, 4.69) is 6.92 Å². The molecule has 1 aliphatic carbocycles. The Hall–Kier alpha value is -1.12. The Morgan fingerprint density at radius 3 is 2.81 bits per heavy atom.